The molecule has 0 aliphatic heterocycles. The molecule has 0 atom stereocenters. The van der Waals surface area contributed by atoms with Gasteiger partial charge in [-0.3, -0.25) is 9.59 Å². The van der Waals surface area contributed by atoms with Crippen molar-refractivity contribution in [3.63, 3.8) is 0 Å². The first kappa shape index (κ1) is 22.2. The summed E-state index contributed by atoms with van der Waals surface area (Å²) in [4.78, 5) is 33.2. The Labute approximate surface area is 177 Å². The van der Waals surface area contributed by atoms with E-state index < -0.39 is 24.3 Å². The lowest BCUT2D eigenvalue weighted by Crippen LogP contribution is -2.25. The zero-order valence-corrected chi connectivity index (χ0v) is 17.2. The normalized spacial score (nSPS) is 11.6. The Balaban J connectivity index is 1.75. The van der Waals surface area contributed by atoms with Gasteiger partial charge in [0.25, 0.3) is 0 Å². The molecule has 2 heterocycles. The number of thioether (sulfide) groups is 1. The highest BCUT2D eigenvalue weighted by Gasteiger charge is 2.31. The van der Waals surface area contributed by atoms with Gasteiger partial charge in [0, 0.05) is 10.3 Å². The minimum absolute atomic E-state index is 0.00918. The topological polar surface area (TPSA) is 92.2 Å². The van der Waals surface area contributed by atoms with E-state index in [1.807, 2.05) is 0 Å². The summed E-state index contributed by atoms with van der Waals surface area (Å²) in [6, 6.07) is 6.58. The third-order valence-electron chi connectivity index (χ3n) is 3.98. The van der Waals surface area contributed by atoms with Gasteiger partial charge >= 0.3 is 6.18 Å². The second-order valence-electron chi connectivity index (χ2n) is 6.22. The van der Waals surface area contributed by atoms with Crippen molar-refractivity contribution in [1.29, 1.82) is 0 Å². The molecule has 1 amide bonds. The molecule has 158 valence electrons. The number of aliphatic hydroxyl groups excluding tert-OH is 1. The van der Waals surface area contributed by atoms with Crippen LogP contribution in [0.2, 0.25) is 0 Å². The molecule has 30 heavy (non-hydrogen) atoms. The molecule has 0 bridgehead atoms. The molecular formula is C19H16F3N3O3S2. The smallest absolute Gasteiger partial charge is 0.387 e. The molecule has 6 nitrogen and oxygen atoms in total. The molecule has 3 aromatic rings. The molecule has 0 fully saturated rings. The summed E-state index contributed by atoms with van der Waals surface area (Å²) >= 11 is 2.25. The summed E-state index contributed by atoms with van der Waals surface area (Å²) in [6.07, 6.45) is -4.49. The number of alkyl halides is 3. The highest BCUT2D eigenvalue weighted by molar-refractivity contribution is 8.00. The number of hydrogen-bond acceptors (Lipinski definition) is 7. The molecule has 2 N–H and O–H groups in total. The number of hydrogen-bond donors (Lipinski definition) is 2. The van der Waals surface area contributed by atoms with Gasteiger partial charge < -0.3 is 10.4 Å². The Kier molecular flexibility index (Phi) is 6.74. The minimum Gasteiger partial charge on any atom is -0.387 e. The number of fused-ring (bicyclic) bond motifs is 1. The number of rotatable bonds is 7. The Morgan fingerprint density at radius 2 is 1.97 bits per heavy atom. The summed E-state index contributed by atoms with van der Waals surface area (Å²) in [6.45, 7) is 1.21. The van der Waals surface area contributed by atoms with E-state index in [9.17, 15) is 22.8 Å². The van der Waals surface area contributed by atoms with E-state index >= 15 is 0 Å². The van der Waals surface area contributed by atoms with E-state index in [2.05, 4.69) is 15.3 Å². The van der Waals surface area contributed by atoms with Crippen LogP contribution in [0.4, 0.5) is 13.2 Å². The third kappa shape index (κ3) is 5.35. The predicted molar refractivity (Wildman–Crippen MR) is 108 cm³/mol. The lowest BCUT2D eigenvalue weighted by Gasteiger charge is -2.10. The number of aliphatic hydroxyl groups is 1. The number of amides is 1. The number of nitrogens with one attached hydrogen (secondary N) is 1. The first-order valence-corrected chi connectivity index (χ1v) is 10.5. The van der Waals surface area contributed by atoms with Crippen LogP contribution in [0, 0.1) is 6.92 Å². The number of carbonyl (C=O) groups excluding carboxylic acids is 2. The Morgan fingerprint density at radius 1 is 1.20 bits per heavy atom. The summed E-state index contributed by atoms with van der Waals surface area (Å²) in [5, 5.41) is 11.8. The van der Waals surface area contributed by atoms with Gasteiger partial charge in [0.15, 0.2) is 5.78 Å². The Hall–Kier alpha value is -2.50. The molecular weight excluding hydrogens is 439 g/mol. The summed E-state index contributed by atoms with van der Waals surface area (Å²) in [7, 11) is 0. The number of Topliss-reactive ketones (excluding diaryl/α,β-unsaturated/α-hetero) is 1. The van der Waals surface area contributed by atoms with E-state index in [0.29, 0.717) is 21.2 Å². The fraction of sp³-hybridized carbons (Fsp3) is 0.263. The largest absolute Gasteiger partial charge is 0.416 e. The molecule has 3 rings (SSSR count). The SMILES string of the molecule is Cc1nc(SCC(=O)c2ccc(CNC(=O)CO)s2)c2cc(C(F)(F)F)ccc2n1. The number of benzene rings is 1. The van der Waals surface area contributed by atoms with Crippen molar-refractivity contribution in [2.75, 3.05) is 12.4 Å². The molecule has 0 radical (unpaired) electrons. The highest BCUT2D eigenvalue weighted by Crippen LogP contribution is 2.34. The van der Waals surface area contributed by atoms with Crippen LogP contribution in [0.15, 0.2) is 35.4 Å². The van der Waals surface area contributed by atoms with Crippen LogP contribution in [0.1, 0.15) is 25.9 Å². The zero-order chi connectivity index (χ0) is 21.9. The van der Waals surface area contributed by atoms with Gasteiger partial charge in [0.2, 0.25) is 5.91 Å². The van der Waals surface area contributed by atoms with E-state index in [-0.39, 0.29) is 23.5 Å². The molecule has 0 saturated heterocycles. The molecule has 0 unspecified atom stereocenters. The van der Waals surface area contributed by atoms with E-state index in [1.165, 1.54) is 17.4 Å². The Bertz CT molecular complexity index is 1100. The molecule has 2 aromatic heterocycles. The second kappa shape index (κ2) is 9.11. The maximum Gasteiger partial charge on any atom is 0.416 e. The number of aryl methyl sites for hydroxylation is 1. The quantitative estimate of drug-likeness (QED) is 0.321. The van der Waals surface area contributed by atoms with Gasteiger partial charge in [0.1, 0.15) is 17.5 Å². The minimum atomic E-state index is -4.49. The van der Waals surface area contributed by atoms with Crippen LogP contribution in [0.5, 0.6) is 0 Å². The first-order chi connectivity index (χ1) is 14.2. The fourth-order valence-electron chi connectivity index (χ4n) is 2.57. The number of thiophene rings is 1. The van der Waals surface area contributed by atoms with Crippen molar-refractivity contribution in [2.24, 2.45) is 0 Å². The van der Waals surface area contributed by atoms with Crippen molar-refractivity contribution in [3.8, 4) is 0 Å². The van der Waals surface area contributed by atoms with E-state index in [1.54, 1.807) is 19.1 Å². The zero-order valence-electron chi connectivity index (χ0n) is 15.6. The summed E-state index contributed by atoms with van der Waals surface area (Å²) in [5.74, 6) is -0.336. The van der Waals surface area contributed by atoms with Crippen LogP contribution in [-0.2, 0) is 17.5 Å². The maximum atomic E-state index is 13.1. The van der Waals surface area contributed by atoms with Crippen LogP contribution in [-0.4, -0.2) is 39.1 Å². The Morgan fingerprint density at radius 3 is 2.67 bits per heavy atom. The van der Waals surface area contributed by atoms with E-state index in [4.69, 9.17) is 5.11 Å². The van der Waals surface area contributed by atoms with Crippen molar-refractivity contribution in [3.05, 3.63) is 51.5 Å². The number of ketones is 1. The lowest BCUT2D eigenvalue weighted by atomic mass is 10.1. The van der Waals surface area contributed by atoms with Crippen LogP contribution in [0.25, 0.3) is 10.9 Å². The number of nitrogens with zero attached hydrogens (tertiary/aromatic N) is 2. The average molecular weight is 455 g/mol. The monoisotopic (exact) mass is 455 g/mol. The predicted octanol–water partition coefficient (Wildman–Crippen LogP) is 3.60. The van der Waals surface area contributed by atoms with Crippen molar-refractivity contribution >= 4 is 45.7 Å². The summed E-state index contributed by atoms with van der Waals surface area (Å²) < 4.78 is 39.2. The average Bonchev–Trinajstić information content (AvgIpc) is 3.18. The van der Waals surface area contributed by atoms with Gasteiger partial charge in [-0.1, -0.05) is 11.8 Å². The van der Waals surface area contributed by atoms with Crippen molar-refractivity contribution in [2.45, 2.75) is 24.7 Å². The number of aromatic nitrogens is 2. The van der Waals surface area contributed by atoms with Gasteiger partial charge in [-0.15, -0.1) is 11.3 Å². The van der Waals surface area contributed by atoms with Gasteiger partial charge in [-0.05, 0) is 37.3 Å². The van der Waals surface area contributed by atoms with E-state index in [0.717, 1.165) is 28.8 Å². The van der Waals surface area contributed by atoms with Crippen LogP contribution < -0.4 is 5.32 Å². The molecule has 0 saturated carbocycles. The maximum absolute atomic E-state index is 13.1. The second-order valence-corrected chi connectivity index (χ2v) is 8.35. The fourth-order valence-corrected chi connectivity index (χ4v) is 4.48. The lowest BCUT2D eigenvalue weighted by molar-refractivity contribution is -0.137. The van der Waals surface area contributed by atoms with Gasteiger partial charge in [0.05, 0.1) is 28.3 Å². The van der Waals surface area contributed by atoms with Gasteiger partial charge in [-0.2, -0.15) is 13.2 Å². The third-order valence-corrected chi connectivity index (χ3v) is 6.10. The van der Waals surface area contributed by atoms with Crippen molar-refractivity contribution < 1.29 is 27.9 Å². The molecule has 0 spiro atoms. The summed E-state index contributed by atoms with van der Waals surface area (Å²) in [5.41, 5.74) is -0.424. The number of carbonyl (C=O) groups is 2. The standard InChI is InChI=1S/C19H16F3N3O3S2/c1-10-24-14-4-2-11(19(20,21)22)6-13(14)18(25-10)29-9-15(27)16-5-3-12(30-16)7-23-17(28)8-26/h2-6,26H,7-9H2,1H3,(H,23,28). The van der Waals surface area contributed by atoms with Crippen LogP contribution >= 0.6 is 23.1 Å². The molecule has 1 aromatic carbocycles. The van der Waals surface area contributed by atoms with Crippen LogP contribution in [0.3, 0.4) is 0 Å². The molecule has 0 aliphatic rings. The molecule has 0 aliphatic carbocycles. The number of halogens is 3. The van der Waals surface area contributed by atoms with Crippen molar-refractivity contribution in [1.82, 2.24) is 15.3 Å². The first-order valence-electron chi connectivity index (χ1n) is 8.65. The molecule has 11 heteroatoms. The van der Waals surface area contributed by atoms with Gasteiger partial charge in [-0.25, -0.2) is 9.97 Å². The highest BCUT2D eigenvalue weighted by atomic mass is 32.2.